The quantitative estimate of drug-likeness (QED) is 0.769. The number of carbonyl (C=O) groups excluding carboxylic acids is 1. The Labute approximate surface area is 150 Å². The van der Waals surface area contributed by atoms with Crippen molar-refractivity contribution in [2.75, 3.05) is 19.5 Å². The third-order valence-corrected chi connectivity index (χ3v) is 3.07. The van der Waals surface area contributed by atoms with Crippen molar-refractivity contribution in [2.45, 2.75) is 6.18 Å². The average molecular weight is 387 g/mol. The van der Waals surface area contributed by atoms with Gasteiger partial charge < -0.3 is 14.8 Å². The standard InChI is InChI=1S/C14H12F3N5O3S/c1-24-8-6-9(25-2)20-12(19-8)22-13(26)21-11(23)7-4-3-5-18-10(7)14(15,16)17/h3-6H,1-2H3,(H2,19,20,21,22,23,26). The van der Waals surface area contributed by atoms with Crippen molar-refractivity contribution in [1.29, 1.82) is 0 Å². The van der Waals surface area contributed by atoms with Crippen LogP contribution in [0.4, 0.5) is 19.1 Å². The van der Waals surface area contributed by atoms with Crippen LogP contribution in [0.5, 0.6) is 11.8 Å². The number of anilines is 1. The highest BCUT2D eigenvalue weighted by molar-refractivity contribution is 7.80. The third-order valence-electron chi connectivity index (χ3n) is 2.87. The van der Waals surface area contributed by atoms with E-state index < -0.39 is 23.3 Å². The summed E-state index contributed by atoms with van der Waals surface area (Å²) >= 11 is 4.90. The van der Waals surface area contributed by atoms with Gasteiger partial charge in [-0.15, -0.1) is 0 Å². The maximum Gasteiger partial charge on any atom is 0.434 e. The predicted molar refractivity (Wildman–Crippen MR) is 88.1 cm³/mol. The van der Waals surface area contributed by atoms with Gasteiger partial charge in [0.1, 0.15) is 0 Å². The first-order chi connectivity index (χ1) is 12.2. The molecule has 0 spiro atoms. The maximum absolute atomic E-state index is 12.9. The van der Waals surface area contributed by atoms with Crippen LogP contribution in [0.25, 0.3) is 0 Å². The summed E-state index contributed by atoms with van der Waals surface area (Å²) in [4.78, 5) is 23.1. The molecule has 2 heterocycles. The molecule has 0 aliphatic rings. The highest BCUT2D eigenvalue weighted by Gasteiger charge is 2.37. The molecule has 1 amide bonds. The second-order valence-corrected chi connectivity index (χ2v) is 4.99. The first-order valence-corrected chi connectivity index (χ1v) is 7.27. The number of ether oxygens (including phenoxy) is 2. The minimum absolute atomic E-state index is 0.0752. The van der Waals surface area contributed by atoms with Crippen molar-refractivity contribution in [3.8, 4) is 11.8 Å². The topological polar surface area (TPSA) is 98.3 Å². The average Bonchev–Trinajstić information content (AvgIpc) is 2.60. The van der Waals surface area contributed by atoms with Gasteiger partial charge in [0, 0.05) is 6.20 Å². The van der Waals surface area contributed by atoms with Crippen LogP contribution < -0.4 is 20.1 Å². The third kappa shape index (κ3) is 4.75. The summed E-state index contributed by atoms with van der Waals surface area (Å²) < 4.78 is 48.7. The monoisotopic (exact) mass is 387 g/mol. The van der Waals surface area contributed by atoms with Crippen molar-refractivity contribution in [2.24, 2.45) is 0 Å². The zero-order chi connectivity index (χ0) is 19.3. The molecule has 2 N–H and O–H groups in total. The Morgan fingerprint density at radius 1 is 1.19 bits per heavy atom. The van der Waals surface area contributed by atoms with Gasteiger partial charge in [0.15, 0.2) is 10.8 Å². The van der Waals surface area contributed by atoms with Gasteiger partial charge in [-0.25, -0.2) is 0 Å². The fraction of sp³-hybridized carbons (Fsp3) is 0.214. The highest BCUT2D eigenvalue weighted by atomic mass is 32.1. The molecule has 0 saturated carbocycles. The van der Waals surface area contributed by atoms with Crippen LogP contribution in [-0.4, -0.2) is 40.2 Å². The highest BCUT2D eigenvalue weighted by Crippen LogP contribution is 2.29. The van der Waals surface area contributed by atoms with E-state index in [1.165, 1.54) is 26.4 Å². The normalized spacial score (nSPS) is 10.8. The van der Waals surface area contributed by atoms with Crippen LogP contribution in [0.2, 0.25) is 0 Å². The number of methoxy groups -OCH3 is 2. The fourth-order valence-electron chi connectivity index (χ4n) is 1.79. The maximum atomic E-state index is 12.9. The van der Waals surface area contributed by atoms with Gasteiger partial charge in [0.2, 0.25) is 17.7 Å². The Morgan fingerprint density at radius 2 is 1.81 bits per heavy atom. The van der Waals surface area contributed by atoms with Crippen LogP contribution in [-0.2, 0) is 6.18 Å². The van der Waals surface area contributed by atoms with Crippen molar-refractivity contribution >= 4 is 29.2 Å². The number of halogens is 3. The van der Waals surface area contributed by atoms with Crippen LogP contribution in [0, 0.1) is 0 Å². The first-order valence-electron chi connectivity index (χ1n) is 6.86. The summed E-state index contributed by atoms with van der Waals surface area (Å²) in [5.74, 6) is -0.855. The molecule has 0 saturated heterocycles. The summed E-state index contributed by atoms with van der Waals surface area (Å²) in [5, 5.41) is 4.26. The van der Waals surface area contributed by atoms with Gasteiger partial charge in [-0.05, 0) is 24.4 Å². The van der Waals surface area contributed by atoms with E-state index in [0.29, 0.717) is 0 Å². The van der Waals surface area contributed by atoms with E-state index in [-0.39, 0.29) is 22.8 Å². The summed E-state index contributed by atoms with van der Waals surface area (Å²) in [6, 6.07) is 3.59. The van der Waals surface area contributed by atoms with Gasteiger partial charge in [0.25, 0.3) is 5.91 Å². The largest absolute Gasteiger partial charge is 0.481 e. The molecular formula is C14H12F3N5O3S. The van der Waals surface area contributed by atoms with Crippen LogP contribution >= 0.6 is 12.2 Å². The lowest BCUT2D eigenvalue weighted by Crippen LogP contribution is -2.36. The lowest BCUT2D eigenvalue weighted by molar-refractivity contribution is -0.141. The predicted octanol–water partition coefficient (Wildman–Crippen LogP) is 2.03. The number of hydrogen-bond acceptors (Lipinski definition) is 7. The van der Waals surface area contributed by atoms with E-state index in [1.807, 2.05) is 0 Å². The SMILES string of the molecule is COc1cc(OC)nc(NC(=S)NC(=O)c2cccnc2C(F)(F)F)n1. The van der Waals surface area contributed by atoms with Gasteiger partial charge in [0.05, 0.1) is 25.8 Å². The lowest BCUT2D eigenvalue weighted by Gasteiger charge is -2.13. The molecule has 2 aromatic rings. The van der Waals surface area contributed by atoms with Gasteiger partial charge in [-0.2, -0.15) is 23.1 Å². The zero-order valence-corrected chi connectivity index (χ0v) is 14.2. The summed E-state index contributed by atoms with van der Waals surface area (Å²) in [6.45, 7) is 0. The van der Waals surface area contributed by atoms with Crippen molar-refractivity contribution < 1.29 is 27.4 Å². The fourth-order valence-corrected chi connectivity index (χ4v) is 1.97. The molecule has 0 atom stereocenters. The Morgan fingerprint density at radius 3 is 2.35 bits per heavy atom. The van der Waals surface area contributed by atoms with Crippen molar-refractivity contribution in [1.82, 2.24) is 20.3 Å². The second kappa shape index (κ2) is 7.91. The van der Waals surface area contributed by atoms with E-state index >= 15 is 0 Å². The minimum Gasteiger partial charge on any atom is -0.481 e. The number of nitrogens with zero attached hydrogens (tertiary/aromatic N) is 3. The summed E-state index contributed by atoms with van der Waals surface area (Å²) in [7, 11) is 2.74. The van der Waals surface area contributed by atoms with Crippen LogP contribution in [0.1, 0.15) is 16.1 Å². The Balaban J connectivity index is 2.15. The molecular weight excluding hydrogens is 375 g/mol. The number of amides is 1. The van der Waals surface area contributed by atoms with E-state index in [1.54, 1.807) is 0 Å². The number of thiocarbonyl (C=S) groups is 1. The van der Waals surface area contributed by atoms with Crippen molar-refractivity contribution in [3.63, 3.8) is 0 Å². The van der Waals surface area contributed by atoms with E-state index in [2.05, 4.69) is 25.6 Å². The van der Waals surface area contributed by atoms with E-state index in [0.717, 1.165) is 12.3 Å². The number of rotatable bonds is 4. The number of aromatic nitrogens is 3. The zero-order valence-electron chi connectivity index (χ0n) is 13.4. The molecule has 138 valence electrons. The molecule has 0 aliphatic carbocycles. The van der Waals surface area contributed by atoms with E-state index in [9.17, 15) is 18.0 Å². The molecule has 0 bridgehead atoms. The Bertz CT molecular complexity index is 809. The van der Waals surface area contributed by atoms with Crippen LogP contribution in [0.3, 0.4) is 0 Å². The molecule has 12 heteroatoms. The molecule has 0 fully saturated rings. The number of carbonyl (C=O) groups is 1. The minimum atomic E-state index is -4.79. The molecule has 0 radical (unpaired) electrons. The Kier molecular flexibility index (Phi) is 5.87. The number of alkyl halides is 3. The number of pyridine rings is 1. The molecule has 8 nitrogen and oxygen atoms in total. The first kappa shape index (κ1) is 19.3. The van der Waals surface area contributed by atoms with Crippen molar-refractivity contribution in [3.05, 3.63) is 35.7 Å². The van der Waals surface area contributed by atoms with Gasteiger partial charge in [-0.1, -0.05) is 0 Å². The molecule has 26 heavy (non-hydrogen) atoms. The smallest absolute Gasteiger partial charge is 0.434 e. The van der Waals surface area contributed by atoms with Gasteiger partial charge >= 0.3 is 6.18 Å². The second-order valence-electron chi connectivity index (χ2n) is 4.58. The molecule has 0 aliphatic heterocycles. The molecule has 2 rings (SSSR count). The lowest BCUT2D eigenvalue weighted by atomic mass is 10.2. The number of hydrogen-bond donors (Lipinski definition) is 2. The van der Waals surface area contributed by atoms with Gasteiger partial charge in [-0.3, -0.25) is 15.1 Å². The summed E-state index contributed by atoms with van der Waals surface area (Å²) in [5.41, 5.74) is -1.99. The number of nitrogens with one attached hydrogen (secondary N) is 2. The van der Waals surface area contributed by atoms with E-state index in [4.69, 9.17) is 21.7 Å². The molecule has 0 aromatic carbocycles. The molecule has 2 aromatic heterocycles. The molecule has 0 unspecified atom stereocenters. The summed E-state index contributed by atoms with van der Waals surface area (Å²) in [6.07, 6.45) is -3.85. The van der Waals surface area contributed by atoms with Crippen LogP contribution in [0.15, 0.2) is 24.4 Å². The Hall–Kier alpha value is -3.02.